The van der Waals surface area contributed by atoms with Gasteiger partial charge in [0.15, 0.2) is 6.29 Å². The quantitative estimate of drug-likeness (QED) is 0.526. The van der Waals surface area contributed by atoms with Gasteiger partial charge in [0.1, 0.15) is 12.2 Å². The highest BCUT2D eigenvalue weighted by Crippen LogP contribution is 2.20. The molecule has 1 heterocycles. The summed E-state index contributed by atoms with van der Waals surface area (Å²) in [5.74, 6) is 0. The molecule has 4 unspecified atom stereocenters. The summed E-state index contributed by atoms with van der Waals surface area (Å²) in [4.78, 5) is 0. The summed E-state index contributed by atoms with van der Waals surface area (Å²) in [6, 6.07) is 0. The van der Waals surface area contributed by atoms with Crippen LogP contribution in [0.1, 0.15) is 13.3 Å². The van der Waals surface area contributed by atoms with E-state index in [0.717, 1.165) is 0 Å². The molecule has 0 amide bonds. The van der Waals surface area contributed by atoms with Gasteiger partial charge in [0.2, 0.25) is 0 Å². The highest BCUT2D eigenvalue weighted by Gasteiger charge is 2.36. The Kier molecular flexibility index (Phi) is 4.08. The first-order chi connectivity index (χ1) is 6.19. The average molecular weight is 192 g/mol. The Morgan fingerprint density at radius 3 is 2.69 bits per heavy atom. The fourth-order valence-corrected chi connectivity index (χ4v) is 1.36. The van der Waals surface area contributed by atoms with E-state index in [9.17, 15) is 10.2 Å². The standard InChI is InChI=1S/C8H16O5/c1-2-12-7-3-5(10)8(11)6(4-9)13-7/h5-11H,2-4H2,1H3. The Balaban J connectivity index is 2.47. The number of ether oxygens (including phenoxy) is 2. The molecule has 1 aliphatic rings. The van der Waals surface area contributed by atoms with Gasteiger partial charge in [0.25, 0.3) is 0 Å². The summed E-state index contributed by atoms with van der Waals surface area (Å²) in [7, 11) is 0. The summed E-state index contributed by atoms with van der Waals surface area (Å²) in [6.45, 7) is 1.97. The second kappa shape index (κ2) is 4.88. The second-order valence-corrected chi connectivity index (χ2v) is 3.04. The summed E-state index contributed by atoms with van der Waals surface area (Å²) in [5.41, 5.74) is 0. The first-order valence-electron chi connectivity index (χ1n) is 4.43. The highest BCUT2D eigenvalue weighted by atomic mass is 16.7. The Morgan fingerprint density at radius 2 is 2.15 bits per heavy atom. The van der Waals surface area contributed by atoms with Crippen LogP contribution in [0.2, 0.25) is 0 Å². The molecule has 0 spiro atoms. The van der Waals surface area contributed by atoms with Crippen LogP contribution in [0.3, 0.4) is 0 Å². The summed E-state index contributed by atoms with van der Waals surface area (Å²) in [5, 5.41) is 27.5. The zero-order chi connectivity index (χ0) is 9.84. The van der Waals surface area contributed by atoms with E-state index in [1.165, 1.54) is 0 Å². The number of rotatable bonds is 3. The van der Waals surface area contributed by atoms with E-state index >= 15 is 0 Å². The van der Waals surface area contributed by atoms with E-state index in [1.54, 1.807) is 0 Å². The lowest BCUT2D eigenvalue weighted by Crippen LogP contribution is -2.50. The van der Waals surface area contributed by atoms with Crippen molar-refractivity contribution >= 4 is 0 Å². The maximum absolute atomic E-state index is 9.36. The Hall–Kier alpha value is -0.200. The van der Waals surface area contributed by atoms with Gasteiger partial charge in [0.05, 0.1) is 12.7 Å². The van der Waals surface area contributed by atoms with E-state index in [2.05, 4.69) is 0 Å². The first-order valence-corrected chi connectivity index (χ1v) is 4.43. The van der Waals surface area contributed by atoms with Crippen LogP contribution in [0, 0.1) is 0 Å². The molecule has 1 fully saturated rings. The van der Waals surface area contributed by atoms with Gasteiger partial charge >= 0.3 is 0 Å². The zero-order valence-electron chi connectivity index (χ0n) is 7.59. The van der Waals surface area contributed by atoms with Crippen molar-refractivity contribution in [2.24, 2.45) is 0 Å². The van der Waals surface area contributed by atoms with Crippen LogP contribution in [0.4, 0.5) is 0 Å². The van der Waals surface area contributed by atoms with Crippen molar-refractivity contribution < 1.29 is 24.8 Å². The molecule has 13 heavy (non-hydrogen) atoms. The predicted octanol–water partition coefficient (Wildman–Crippen LogP) is -1.15. The molecule has 0 aromatic rings. The molecule has 0 radical (unpaired) electrons. The van der Waals surface area contributed by atoms with E-state index < -0.39 is 24.6 Å². The molecule has 5 heteroatoms. The monoisotopic (exact) mass is 192 g/mol. The van der Waals surface area contributed by atoms with Crippen LogP contribution < -0.4 is 0 Å². The lowest BCUT2D eigenvalue weighted by atomic mass is 10.0. The third kappa shape index (κ3) is 2.62. The Morgan fingerprint density at radius 1 is 1.46 bits per heavy atom. The number of hydrogen-bond acceptors (Lipinski definition) is 5. The van der Waals surface area contributed by atoms with Gasteiger partial charge in [-0.3, -0.25) is 0 Å². The van der Waals surface area contributed by atoms with Crippen molar-refractivity contribution in [3.05, 3.63) is 0 Å². The molecule has 0 aromatic carbocycles. The number of aliphatic hydroxyl groups excluding tert-OH is 3. The number of aliphatic hydroxyl groups is 3. The van der Waals surface area contributed by atoms with Gasteiger partial charge in [-0.25, -0.2) is 0 Å². The van der Waals surface area contributed by atoms with Gasteiger partial charge in [-0.05, 0) is 6.92 Å². The van der Waals surface area contributed by atoms with Gasteiger partial charge in [0, 0.05) is 13.0 Å². The largest absolute Gasteiger partial charge is 0.394 e. The van der Waals surface area contributed by atoms with Crippen LogP contribution in [-0.2, 0) is 9.47 Å². The van der Waals surface area contributed by atoms with Crippen LogP contribution in [0.25, 0.3) is 0 Å². The first kappa shape index (κ1) is 10.9. The van der Waals surface area contributed by atoms with E-state index in [1.807, 2.05) is 6.92 Å². The van der Waals surface area contributed by atoms with E-state index in [4.69, 9.17) is 14.6 Å². The molecule has 78 valence electrons. The molecule has 1 aliphatic heterocycles. The molecule has 1 saturated heterocycles. The summed E-state index contributed by atoms with van der Waals surface area (Å²) in [6.07, 6.45) is -2.95. The van der Waals surface area contributed by atoms with Crippen LogP contribution >= 0.6 is 0 Å². The van der Waals surface area contributed by atoms with Crippen molar-refractivity contribution in [3.63, 3.8) is 0 Å². The average Bonchev–Trinajstić information content (AvgIpc) is 2.11. The Bertz CT molecular complexity index is 151. The molecule has 1 rings (SSSR count). The molecule has 0 bridgehead atoms. The molecule has 0 saturated carbocycles. The lowest BCUT2D eigenvalue weighted by molar-refractivity contribution is -0.255. The highest BCUT2D eigenvalue weighted by molar-refractivity contribution is 4.82. The van der Waals surface area contributed by atoms with Gasteiger partial charge < -0.3 is 24.8 Å². The lowest BCUT2D eigenvalue weighted by Gasteiger charge is -2.35. The fraction of sp³-hybridized carbons (Fsp3) is 1.00. The smallest absolute Gasteiger partial charge is 0.160 e. The van der Waals surface area contributed by atoms with Gasteiger partial charge in [-0.15, -0.1) is 0 Å². The maximum Gasteiger partial charge on any atom is 0.160 e. The van der Waals surface area contributed by atoms with Crippen molar-refractivity contribution in [2.75, 3.05) is 13.2 Å². The zero-order valence-corrected chi connectivity index (χ0v) is 7.59. The molecule has 4 atom stereocenters. The minimum atomic E-state index is -1.03. The summed E-state index contributed by atoms with van der Waals surface area (Å²) < 4.78 is 10.3. The van der Waals surface area contributed by atoms with E-state index in [0.29, 0.717) is 6.61 Å². The van der Waals surface area contributed by atoms with E-state index in [-0.39, 0.29) is 13.0 Å². The van der Waals surface area contributed by atoms with Crippen molar-refractivity contribution in [1.29, 1.82) is 0 Å². The van der Waals surface area contributed by atoms with Crippen molar-refractivity contribution in [1.82, 2.24) is 0 Å². The van der Waals surface area contributed by atoms with Crippen LogP contribution in [-0.4, -0.2) is 53.1 Å². The molecular weight excluding hydrogens is 176 g/mol. The van der Waals surface area contributed by atoms with Crippen molar-refractivity contribution in [2.45, 2.75) is 37.9 Å². The minimum absolute atomic E-state index is 0.242. The Labute approximate surface area is 76.9 Å². The molecular formula is C8H16O5. The predicted molar refractivity (Wildman–Crippen MR) is 44.0 cm³/mol. The number of hydrogen-bond donors (Lipinski definition) is 3. The normalized spacial score (nSPS) is 40.6. The fourth-order valence-electron chi connectivity index (χ4n) is 1.36. The third-order valence-electron chi connectivity index (χ3n) is 2.07. The third-order valence-corrected chi connectivity index (χ3v) is 2.07. The molecule has 3 N–H and O–H groups in total. The summed E-state index contributed by atoms with van der Waals surface area (Å²) >= 11 is 0. The topological polar surface area (TPSA) is 79.2 Å². The minimum Gasteiger partial charge on any atom is -0.394 e. The molecule has 0 aliphatic carbocycles. The second-order valence-electron chi connectivity index (χ2n) is 3.04. The van der Waals surface area contributed by atoms with Crippen molar-refractivity contribution in [3.8, 4) is 0 Å². The maximum atomic E-state index is 9.36. The SMILES string of the molecule is CCOC1CC(O)C(O)C(CO)O1. The van der Waals surface area contributed by atoms with Gasteiger partial charge in [-0.1, -0.05) is 0 Å². The van der Waals surface area contributed by atoms with Gasteiger partial charge in [-0.2, -0.15) is 0 Å². The van der Waals surface area contributed by atoms with Crippen LogP contribution in [0.15, 0.2) is 0 Å². The molecule has 0 aromatic heterocycles. The molecule has 5 nitrogen and oxygen atoms in total. The van der Waals surface area contributed by atoms with Crippen LogP contribution in [0.5, 0.6) is 0 Å².